The van der Waals surface area contributed by atoms with E-state index >= 15 is 0 Å². The third-order valence-electron chi connectivity index (χ3n) is 6.74. The molecule has 1 saturated heterocycles. The highest BCUT2D eigenvalue weighted by Gasteiger charge is 2.38. The van der Waals surface area contributed by atoms with Gasteiger partial charge in [0.2, 0.25) is 5.91 Å². The molecule has 2 aromatic heterocycles. The van der Waals surface area contributed by atoms with Crippen LogP contribution in [0.25, 0.3) is 21.9 Å². The van der Waals surface area contributed by atoms with Crippen LogP contribution in [0.1, 0.15) is 69.4 Å². The molecule has 1 aliphatic heterocycles. The van der Waals surface area contributed by atoms with Crippen molar-refractivity contribution in [1.29, 1.82) is 0 Å². The van der Waals surface area contributed by atoms with Crippen LogP contribution in [0.15, 0.2) is 25.8 Å². The number of nitrogens with one attached hydrogen (secondary N) is 2. The second-order valence-corrected chi connectivity index (χ2v) is 10.7. The van der Waals surface area contributed by atoms with Gasteiger partial charge in [-0.3, -0.25) is 4.79 Å². The molecule has 0 saturated carbocycles. The first-order chi connectivity index (χ1) is 14.8. The van der Waals surface area contributed by atoms with Crippen LogP contribution in [0.3, 0.4) is 0 Å². The first-order valence-electron chi connectivity index (χ1n) is 11.4. The summed E-state index contributed by atoms with van der Waals surface area (Å²) >= 11 is 0. The number of carbonyl (C=O) groups is 1. The fourth-order valence-electron chi connectivity index (χ4n) is 5.48. The Labute approximate surface area is 188 Å². The summed E-state index contributed by atoms with van der Waals surface area (Å²) in [4.78, 5) is 25.4. The van der Waals surface area contributed by atoms with Crippen molar-refractivity contribution in [3.05, 3.63) is 45.0 Å². The first kappa shape index (κ1) is 22.6. The smallest absolute Gasteiger partial charge is 0.339 e. The topological polar surface area (TPSA) is 84.5 Å². The second kappa shape index (κ2) is 7.77. The lowest BCUT2D eigenvalue weighted by Gasteiger charge is -2.46. The Morgan fingerprint density at radius 1 is 1.00 bits per heavy atom. The number of fused-ring (bicyclic) bond motifs is 2. The number of furan rings is 1. The quantitative estimate of drug-likeness (QED) is 0.571. The molecule has 0 atom stereocenters. The van der Waals surface area contributed by atoms with Gasteiger partial charge in [-0.05, 0) is 84.9 Å². The summed E-state index contributed by atoms with van der Waals surface area (Å²) in [5, 5.41) is 8.73. The van der Waals surface area contributed by atoms with Crippen molar-refractivity contribution in [2.75, 3.05) is 0 Å². The van der Waals surface area contributed by atoms with Crippen LogP contribution in [0, 0.1) is 20.8 Å². The van der Waals surface area contributed by atoms with Gasteiger partial charge in [0.15, 0.2) is 0 Å². The number of amides is 1. The van der Waals surface area contributed by atoms with Gasteiger partial charge in [-0.2, -0.15) is 0 Å². The molecule has 1 fully saturated rings. The van der Waals surface area contributed by atoms with Gasteiger partial charge in [-0.15, -0.1) is 0 Å². The lowest BCUT2D eigenvalue weighted by Crippen LogP contribution is -2.62. The van der Waals surface area contributed by atoms with Crippen molar-refractivity contribution in [2.24, 2.45) is 0 Å². The van der Waals surface area contributed by atoms with Crippen LogP contribution in [0.2, 0.25) is 0 Å². The van der Waals surface area contributed by atoms with Gasteiger partial charge < -0.3 is 19.5 Å². The molecule has 172 valence electrons. The highest BCUT2D eigenvalue weighted by Crippen LogP contribution is 2.31. The molecule has 0 bridgehead atoms. The number of hydrogen-bond acceptors (Lipinski definition) is 5. The van der Waals surface area contributed by atoms with Gasteiger partial charge in [0.05, 0.1) is 0 Å². The van der Waals surface area contributed by atoms with Crippen LogP contribution < -0.4 is 16.3 Å². The van der Waals surface area contributed by atoms with Crippen molar-refractivity contribution in [3.8, 4) is 0 Å². The fourth-order valence-corrected chi connectivity index (χ4v) is 5.48. The third kappa shape index (κ3) is 4.33. The summed E-state index contributed by atoms with van der Waals surface area (Å²) in [7, 11) is 0. The Morgan fingerprint density at radius 2 is 1.59 bits per heavy atom. The maximum absolute atomic E-state index is 12.7. The number of hydrogen-bond donors (Lipinski definition) is 2. The molecule has 6 heteroatoms. The molecule has 0 spiro atoms. The minimum absolute atomic E-state index is 0.0286. The lowest BCUT2D eigenvalue weighted by molar-refractivity contribution is -0.122. The number of rotatable bonds is 4. The Morgan fingerprint density at radius 3 is 2.25 bits per heavy atom. The summed E-state index contributed by atoms with van der Waals surface area (Å²) in [6.45, 7) is 14.5. The molecule has 3 aromatic rings. The molecular formula is C26H34N2O4. The molecule has 1 aromatic carbocycles. The zero-order valence-corrected chi connectivity index (χ0v) is 20.2. The van der Waals surface area contributed by atoms with E-state index in [1.54, 1.807) is 6.07 Å². The summed E-state index contributed by atoms with van der Waals surface area (Å²) in [6.07, 6.45) is 2.36. The molecule has 4 rings (SSSR count). The van der Waals surface area contributed by atoms with E-state index in [9.17, 15) is 9.59 Å². The van der Waals surface area contributed by atoms with Crippen molar-refractivity contribution < 1.29 is 13.6 Å². The van der Waals surface area contributed by atoms with Gasteiger partial charge in [-0.25, -0.2) is 4.79 Å². The van der Waals surface area contributed by atoms with Gasteiger partial charge in [0.25, 0.3) is 0 Å². The van der Waals surface area contributed by atoms with E-state index in [-0.39, 0.29) is 35.1 Å². The number of piperidine rings is 1. The Bertz CT molecular complexity index is 1250. The maximum atomic E-state index is 12.7. The molecule has 0 unspecified atom stereocenters. The van der Waals surface area contributed by atoms with E-state index in [4.69, 9.17) is 8.83 Å². The highest BCUT2D eigenvalue weighted by molar-refractivity contribution is 5.96. The van der Waals surface area contributed by atoms with Gasteiger partial charge in [0, 0.05) is 45.9 Å². The number of aryl methyl sites for hydroxylation is 3. The van der Waals surface area contributed by atoms with E-state index < -0.39 is 0 Å². The summed E-state index contributed by atoms with van der Waals surface area (Å²) in [6, 6.07) is 3.93. The van der Waals surface area contributed by atoms with E-state index in [0.29, 0.717) is 17.6 Å². The standard InChI is InChI=1S/C26H34N2O4/c1-14-16(3)31-21-11-22-20(10-19(14)21)15(2)18(24(30)32-22)8-9-23(29)27-17-12-25(4,5)28-26(6,7)13-17/h10-11,17,28H,8-9,12-13H2,1-7H3,(H,27,29). The van der Waals surface area contributed by atoms with Crippen LogP contribution in [-0.4, -0.2) is 23.0 Å². The van der Waals surface area contributed by atoms with Gasteiger partial charge in [0.1, 0.15) is 16.9 Å². The summed E-state index contributed by atoms with van der Waals surface area (Å²) < 4.78 is 11.4. The van der Waals surface area contributed by atoms with Crippen molar-refractivity contribution in [1.82, 2.24) is 10.6 Å². The molecule has 6 nitrogen and oxygen atoms in total. The molecule has 1 amide bonds. The average Bonchev–Trinajstić information content (AvgIpc) is 2.91. The Hall–Kier alpha value is -2.60. The summed E-state index contributed by atoms with van der Waals surface area (Å²) in [5.74, 6) is 0.829. The Kier molecular flexibility index (Phi) is 5.48. The SMILES string of the molecule is Cc1oc2cc3oc(=O)c(CCC(=O)NC4CC(C)(C)NC(C)(C)C4)c(C)c3cc2c1C. The normalized spacial score (nSPS) is 18.3. The predicted octanol–water partition coefficient (Wildman–Crippen LogP) is 4.82. The average molecular weight is 439 g/mol. The van der Waals surface area contributed by atoms with Crippen molar-refractivity contribution in [2.45, 2.75) is 91.3 Å². The zero-order valence-electron chi connectivity index (χ0n) is 20.2. The van der Waals surface area contributed by atoms with E-state index in [1.165, 1.54) is 0 Å². The minimum Gasteiger partial charge on any atom is -0.461 e. The second-order valence-electron chi connectivity index (χ2n) is 10.7. The van der Waals surface area contributed by atoms with Crippen LogP contribution in [0.5, 0.6) is 0 Å². The molecule has 0 radical (unpaired) electrons. The van der Waals surface area contributed by atoms with Crippen LogP contribution >= 0.6 is 0 Å². The zero-order chi connectivity index (χ0) is 23.4. The predicted molar refractivity (Wildman–Crippen MR) is 127 cm³/mol. The molecule has 3 heterocycles. The van der Waals surface area contributed by atoms with E-state index in [1.807, 2.05) is 26.8 Å². The van der Waals surface area contributed by atoms with Crippen molar-refractivity contribution >= 4 is 27.8 Å². The van der Waals surface area contributed by atoms with E-state index in [2.05, 4.69) is 38.3 Å². The van der Waals surface area contributed by atoms with Gasteiger partial charge in [-0.1, -0.05) is 0 Å². The number of carbonyl (C=O) groups excluding carboxylic acids is 1. The minimum atomic E-state index is -0.383. The largest absolute Gasteiger partial charge is 0.461 e. The summed E-state index contributed by atoms with van der Waals surface area (Å²) in [5.41, 5.74) is 3.29. The van der Waals surface area contributed by atoms with Gasteiger partial charge >= 0.3 is 5.63 Å². The van der Waals surface area contributed by atoms with Crippen LogP contribution in [-0.2, 0) is 11.2 Å². The Balaban J connectivity index is 1.54. The lowest BCUT2D eigenvalue weighted by atomic mass is 9.79. The monoisotopic (exact) mass is 438 g/mol. The number of benzene rings is 1. The molecule has 0 aliphatic carbocycles. The molecule has 32 heavy (non-hydrogen) atoms. The molecule has 2 N–H and O–H groups in total. The van der Waals surface area contributed by atoms with Crippen LogP contribution in [0.4, 0.5) is 0 Å². The first-order valence-corrected chi connectivity index (χ1v) is 11.4. The highest BCUT2D eigenvalue weighted by atomic mass is 16.4. The fraction of sp³-hybridized carbons (Fsp3) is 0.538. The van der Waals surface area contributed by atoms with Crippen molar-refractivity contribution in [3.63, 3.8) is 0 Å². The molecule has 1 aliphatic rings. The molecular weight excluding hydrogens is 404 g/mol. The maximum Gasteiger partial charge on any atom is 0.339 e. The van der Waals surface area contributed by atoms with E-state index in [0.717, 1.165) is 46.1 Å². The third-order valence-corrected chi connectivity index (χ3v) is 6.74.